The smallest absolute Gasteiger partial charge is 0.249 e. The summed E-state index contributed by atoms with van der Waals surface area (Å²) in [5.74, 6) is 0.640. The summed E-state index contributed by atoms with van der Waals surface area (Å²) in [6, 6.07) is 7.90. The van der Waals surface area contributed by atoms with E-state index in [-0.39, 0.29) is 11.7 Å². The molecule has 114 valence electrons. The van der Waals surface area contributed by atoms with Gasteiger partial charge in [0.1, 0.15) is 11.6 Å². The first-order chi connectivity index (χ1) is 10.6. The molecule has 0 atom stereocenters. The minimum Gasteiger partial charge on any atom is -0.493 e. The van der Waals surface area contributed by atoms with E-state index in [4.69, 9.17) is 9.47 Å². The Morgan fingerprint density at radius 3 is 2.59 bits per heavy atom. The van der Waals surface area contributed by atoms with Crippen molar-refractivity contribution in [2.45, 2.75) is 0 Å². The van der Waals surface area contributed by atoms with Gasteiger partial charge >= 0.3 is 0 Å². The SMILES string of the molecule is COc1ccc(/C=C\C(=O)Nc2ccc(F)cn2)cc1OC. The Kier molecular flexibility index (Phi) is 5.08. The number of anilines is 1. The molecule has 0 aliphatic carbocycles. The number of aromatic nitrogens is 1. The van der Waals surface area contributed by atoms with Gasteiger partial charge in [-0.05, 0) is 35.9 Å². The highest BCUT2D eigenvalue weighted by molar-refractivity contribution is 6.01. The van der Waals surface area contributed by atoms with Gasteiger partial charge in [0.25, 0.3) is 0 Å². The normalized spacial score (nSPS) is 10.5. The van der Waals surface area contributed by atoms with Crippen LogP contribution in [0.15, 0.2) is 42.6 Å². The lowest BCUT2D eigenvalue weighted by Gasteiger charge is -2.07. The van der Waals surface area contributed by atoms with Gasteiger partial charge in [0, 0.05) is 6.08 Å². The van der Waals surface area contributed by atoms with Crippen LogP contribution in [-0.2, 0) is 4.79 Å². The Bertz CT molecular complexity index is 684. The van der Waals surface area contributed by atoms with E-state index in [9.17, 15) is 9.18 Å². The molecule has 0 saturated carbocycles. The third kappa shape index (κ3) is 4.05. The average Bonchev–Trinajstić information content (AvgIpc) is 2.54. The van der Waals surface area contributed by atoms with Gasteiger partial charge in [-0.2, -0.15) is 0 Å². The lowest BCUT2D eigenvalue weighted by atomic mass is 10.2. The zero-order valence-corrected chi connectivity index (χ0v) is 12.2. The standard InChI is InChI=1S/C16H15FN2O3/c1-21-13-6-3-11(9-14(13)22-2)4-8-16(20)19-15-7-5-12(17)10-18-15/h3-10H,1-2H3,(H,18,19,20)/b8-4-. The van der Waals surface area contributed by atoms with E-state index in [0.29, 0.717) is 11.5 Å². The molecule has 0 saturated heterocycles. The molecule has 1 aromatic heterocycles. The van der Waals surface area contributed by atoms with Crippen LogP contribution in [0.25, 0.3) is 6.08 Å². The minimum atomic E-state index is -0.459. The van der Waals surface area contributed by atoms with Crippen LogP contribution in [-0.4, -0.2) is 25.1 Å². The Morgan fingerprint density at radius 1 is 1.18 bits per heavy atom. The van der Waals surface area contributed by atoms with E-state index in [1.165, 1.54) is 25.3 Å². The second-order valence-electron chi connectivity index (χ2n) is 4.30. The number of carbonyl (C=O) groups is 1. The second kappa shape index (κ2) is 7.21. The van der Waals surface area contributed by atoms with Crippen LogP contribution >= 0.6 is 0 Å². The number of amides is 1. The predicted molar refractivity (Wildman–Crippen MR) is 81.4 cm³/mol. The lowest BCUT2D eigenvalue weighted by molar-refractivity contribution is -0.111. The molecular weight excluding hydrogens is 287 g/mol. The van der Waals surface area contributed by atoms with Gasteiger partial charge in [0.2, 0.25) is 5.91 Å². The number of benzene rings is 1. The molecular formula is C16H15FN2O3. The summed E-state index contributed by atoms with van der Waals surface area (Å²) < 4.78 is 23.0. The average molecular weight is 302 g/mol. The Morgan fingerprint density at radius 2 is 1.95 bits per heavy atom. The fraction of sp³-hybridized carbons (Fsp3) is 0.125. The minimum absolute atomic E-state index is 0.281. The van der Waals surface area contributed by atoms with Crippen molar-refractivity contribution >= 4 is 17.8 Å². The fourth-order valence-electron chi connectivity index (χ4n) is 1.75. The quantitative estimate of drug-likeness (QED) is 0.863. The molecule has 0 unspecified atom stereocenters. The molecule has 22 heavy (non-hydrogen) atoms. The van der Waals surface area contributed by atoms with Crippen molar-refractivity contribution in [3.05, 3.63) is 54.0 Å². The monoisotopic (exact) mass is 302 g/mol. The summed E-state index contributed by atoms with van der Waals surface area (Å²) in [5.41, 5.74) is 0.778. The van der Waals surface area contributed by atoms with Crippen molar-refractivity contribution in [3.63, 3.8) is 0 Å². The van der Waals surface area contributed by atoms with Crippen LogP contribution in [0, 0.1) is 5.82 Å². The Labute approximate surface area is 127 Å². The van der Waals surface area contributed by atoms with Crippen LogP contribution < -0.4 is 14.8 Å². The number of rotatable bonds is 5. The number of hydrogen-bond donors (Lipinski definition) is 1. The number of halogens is 1. The molecule has 0 radical (unpaired) electrons. The number of nitrogens with one attached hydrogen (secondary N) is 1. The van der Waals surface area contributed by atoms with Crippen LogP contribution in [0.5, 0.6) is 11.5 Å². The maximum Gasteiger partial charge on any atom is 0.249 e. The van der Waals surface area contributed by atoms with E-state index >= 15 is 0 Å². The highest BCUT2D eigenvalue weighted by atomic mass is 19.1. The molecule has 1 heterocycles. The molecule has 1 aromatic carbocycles. The van der Waals surface area contributed by atoms with Gasteiger partial charge in [0.15, 0.2) is 11.5 Å². The van der Waals surface area contributed by atoms with Gasteiger partial charge in [0.05, 0.1) is 20.4 Å². The van der Waals surface area contributed by atoms with E-state index in [2.05, 4.69) is 10.3 Å². The molecule has 0 aliphatic heterocycles. The molecule has 0 aliphatic rings. The first-order valence-electron chi connectivity index (χ1n) is 6.45. The van der Waals surface area contributed by atoms with Crippen molar-refractivity contribution in [3.8, 4) is 11.5 Å². The lowest BCUT2D eigenvalue weighted by Crippen LogP contribution is -2.09. The van der Waals surface area contributed by atoms with E-state index in [1.807, 2.05) is 0 Å². The number of hydrogen-bond acceptors (Lipinski definition) is 4. The van der Waals surface area contributed by atoms with E-state index < -0.39 is 5.82 Å². The van der Waals surface area contributed by atoms with Crippen molar-refractivity contribution in [1.82, 2.24) is 4.98 Å². The summed E-state index contributed by atoms with van der Waals surface area (Å²) in [6.07, 6.45) is 4.01. The van der Waals surface area contributed by atoms with E-state index in [1.54, 1.807) is 31.4 Å². The van der Waals surface area contributed by atoms with Gasteiger partial charge in [-0.3, -0.25) is 4.79 Å². The highest BCUT2D eigenvalue weighted by Gasteiger charge is 2.03. The van der Waals surface area contributed by atoms with Crippen molar-refractivity contribution < 1.29 is 18.7 Å². The molecule has 0 bridgehead atoms. The zero-order valence-electron chi connectivity index (χ0n) is 12.2. The summed E-state index contributed by atoms with van der Waals surface area (Å²) >= 11 is 0. The first-order valence-corrected chi connectivity index (χ1v) is 6.45. The third-order valence-corrected chi connectivity index (χ3v) is 2.81. The van der Waals surface area contributed by atoms with Gasteiger partial charge < -0.3 is 14.8 Å². The van der Waals surface area contributed by atoms with Gasteiger partial charge in [-0.25, -0.2) is 9.37 Å². The molecule has 6 heteroatoms. The molecule has 5 nitrogen and oxygen atoms in total. The largest absolute Gasteiger partial charge is 0.493 e. The molecule has 2 aromatic rings. The Hall–Kier alpha value is -2.89. The van der Waals surface area contributed by atoms with E-state index in [0.717, 1.165) is 11.8 Å². The van der Waals surface area contributed by atoms with Crippen LogP contribution in [0.1, 0.15) is 5.56 Å². The summed E-state index contributed by atoms with van der Waals surface area (Å²) in [4.78, 5) is 15.5. The summed E-state index contributed by atoms with van der Waals surface area (Å²) in [6.45, 7) is 0. The molecule has 1 amide bonds. The van der Waals surface area contributed by atoms with Crippen LogP contribution in [0.2, 0.25) is 0 Å². The predicted octanol–water partition coefficient (Wildman–Crippen LogP) is 2.89. The van der Waals surface area contributed by atoms with Gasteiger partial charge in [-0.1, -0.05) is 6.07 Å². The van der Waals surface area contributed by atoms with Gasteiger partial charge in [-0.15, -0.1) is 0 Å². The van der Waals surface area contributed by atoms with Crippen LogP contribution in [0.3, 0.4) is 0 Å². The number of pyridine rings is 1. The van der Waals surface area contributed by atoms with Crippen LogP contribution in [0.4, 0.5) is 10.2 Å². The topological polar surface area (TPSA) is 60.5 Å². The van der Waals surface area contributed by atoms with Crippen molar-refractivity contribution in [2.75, 3.05) is 19.5 Å². The second-order valence-corrected chi connectivity index (χ2v) is 4.30. The first kappa shape index (κ1) is 15.5. The van der Waals surface area contributed by atoms with Crippen molar-refractivity contribution in [2.24, 2.45) is 0 Å². The summed E-state index contributed by atoms with van der Waals surface area (Å²) in [7, 11) is 3.09. The highest BCUT2D eigenvalue weighted by Crippen LogP contribution is 2.27. The Balaban J connectivity index is 2.04. The number of methoxy groups -OCH3 is 2. The number of ether oxygens (including phenoxy) is 2. The maximum absolute atomic E-state index is 12.7. The fourth-order valence-corrected chi connectivity index (χ4v) is 1.75. The maximum atomic E-state index is 12.7. The molecule has 1 N–H and O–H groups in total. The third-order valence-electron chi connectivity index (χ3n) is 2.81. The number of nitrogens with zero attached hydrogens (tertiary/aromatic N) is 1. The zero-order chi connectivity index (χ0) is 15.9. The molecule has 0 spiro atoms. The summed E-state index contributed by atoms with van der Waals surface area (Å²) in [5, 5.41) is 2.53. The number of carbonyl (C=O) groups excluding carboxylic acids is 1. The van der Waals surface area contributed by atoms with Crippen molar-refractivity contribution in [1.29, 1.82) is 0 Å². The molecule has 2 rings (SSSR count). The molecule has 0 fully saturated rings.